The van der Waals surface area contributed by atoms with Gasteiger partial charge in [-0.3, -0.25) is 0 Å². The Morgan fingerprint density at radius 1 is 1.00 bits per heavy atom. The Balaban J connectivity index is 1.78. The summed E-state index contributed by atoms with van der Waals surface area (Å²) in [6.07, 6.45) is 7.48. The standard InChI is InChI=1S/C15H25N5/c1-9-3-7-12(8-4-9)17-13-10(2)14(20-16)19-15(18-13)11-5-6-11/h9,11-12H,3-8,16H2,1-2H3,(H2,17,18,19,20). The molecule has 4 N–H and O–H groups in total. The quantitative estimate of drug-likeness (QED) is 0.582. The molecule has 0 spiro atoms. The van der Waals surface area contributed by atoms with Crippen LogP contribution in [0.4, 0.5) is 11.6 Å². The monoisotopic (exact) mass is 275 g/mol. The van der Waals surface area contributed by atoms with Crippen LogP contribution in [0.1, 0.15) is 62.8 Å². The number of hydrazine groups is 1. The molecule has 0 saturated heterocycles. The molecule has 0 atom stereocenters. The van der Waals surface area contributed by atoms with E-state index in [1.54, 1.807) is 0 Å². The number of hydrogen-bond donors (Lipinski definition) is 3. The van der Waals surface area contributed by atoms with E-state index in [0.29, 0.717) is 12.0 Å². The molecule has 0 aromatic carbocycles. The van der Waals surface area contributed by atoms with Crippen LogP contribution in [-0.4, -0.2) is 16.0 Å². The van der Waals surface area contributed by atoms with E-state index >= 15 is 0 Å². The van der Waals surface area contributed by atoms with Crippen LogP contribution in [-0.2, 0) is 0 Å². The Kier molecular flexibility index (Phi) is 3.78. The lowest BCUT2D eigenvalue weighted by atomic mass is 9.87. The fourth-order valence-electron chi connectivity index (χ4n) is 2.94. The highest BCUT2D eigenvalue weighted by atomic mass is 15.3. The smallest absolute Gasteiger partial charge is 0.148 e. The molecule has 0 unspecified atom stereocenters. The number of nitrogens with two attached hydrogens (primary N) is 1. The molecular formula is C15H25N5. The molecule has 3 rings (SSSR count). The second-order valence-electron chi connectivity index (χ2n) is 6.42. The first-order valence-electron chi connectivity index (χ1n) is 7.79. The van der Waals surface area contributed by atoms with Crippen molar-refractivity contribution in [1.29, 1.82) is 0 Å². The number of rotatable bonds is 4. The maximum absolute atomic E-state index is 5.59. The van der Waals surface area contributed by atoms with Gasteiger partial charge in [-0.05, 0) is 51.4 Å². The van der Waals surface area contributed by atoms with Crippen molar-refractivity contribution in [2.45, 2.75) is 64.3 Å². The number of hydrogen-bond acceptors (Lipinski definition) is 5. The Hall–Kier alpha value is -1.36. The maximum Gasteiger partial charge on any atom is 0.148 e. The Bertz CT molecular complexity index is 475. The minimum absolute atomic E-state index is 0.537. The zero-order chi connectivity index (χ0) is 14.1. The summed E-state index contributed by atoms with van der Waals surface area (Å²) in [7, 11) is 0. The van der Waals surface area contributed by atoms with E-state index in [0.717, 1.165) is 28.9 Å². The first kappa shape index (κ1) is 13.6. The van der Waals surface area contributed by atoms with E-state index in [2.05, 4.69) is 22.7 Å². The van der Waals surface area contributed by atoms with Crippen LogP contribution in [0.5, 0.6) is 0 Å². The molecule has 0 radical (unpaired) electrons. The number of anilines is 2. The lowest BCUT2D eigenvalue weighted by molar-refractivity contribution is 0.360. The SMILES string of the molecule is Cc1c(NN)nc(C2CC2)nc1NC1CCC(C)CC1. The molecule has 5 nitrogen and oxygen atoms in total. The van der Waals surface area contributed by atoms with Crippen molar-refractivity contribution in [3.05, 3.63) is 11.4 Å². The summed E-state index contributed by atoms with van der Waals surface area (Å²) < 4.78 is 0. The van der Waals surface area contributed by atoms with E-state index in [9.17, 15) is 0 Å². The average molecular weight is 275 g/mol. The summed E-state index contributed by atoms with van der Waals surface area (Å²) >= 11 is 0. The highest BCUT2D eigenvalue weighted by Crippen LogP contribution is 2.39. The summed E-state index contributed by atoms with van der Waals surface area (Å²) in [4.78, 5) is 9.27. The highest BCUT2D eigenvalue weighted by molar-refractivity contribution is 5.57. The second-order valence-corrected chi connectivity index (χ2v) is 6.42. The topological polar surface area (TPSA) is 75.9 Å². The highest BCUT2D eigenvalue weighted by Gasteiger charge is 2.28. The molecule has 5 heteroatoms. The van der Waals surface area contributed by atoms with Gasteiger partial charge in [-0.15, -0.1) is 0 Å². The van der Waals surface area contributed by atoms with E-state index in [1.165, 1.54) is 38.5 Å². The van der Waals surface area contributed by atoms with Gasteiger partial charge in [-0.2, -0.15) is 0 Å². The maximum atomic E-state index is 5.59. The van der Waals surface area contributed by atoms with Gasteiger partial charge < -0.3 is 10.7 Å². The number of aromatic nitrogens is 2. The van der Waals surface area contributed by atoms with E-state index in [1.807, 2.05) is 6.92 Å². The van der Waals surface area contributed by atoms with Gasteiger partial charge in [0.1, 0.15) is 17.5 Å². The van der Waals surface area contributed by atoms with Gasteiger partial charge >= 0.3 is 0 Å². The van der Waals surface area contributed by atoms with Crippen LogP contribution in [0.25, 0.3) is 0 Å². The molecule has 2 saturated carbocycles. The zero-order valence-electron chi connectivity index (χ0n) is 12.4. The molecule has 1 aromatic heterocycles. The third-order valence-corrected chi connectivity index (χ3v) is 4.60. The fourth-order valence-corrected chi connectivity index (χ4v) is 2.94. The van der Waals surface area contributed by atoms with Crippen molar-refractivity contribution >= 4 is 11.6 Å². The van der Waals surface area contributed by atoms with Crippen molar-refractivity contribution in [2.75, 3.05) is 10.7 Å². The largest absolute Gasteiger partial charge is 0.367 e. The molecular weight excluding hydrogens is 250 g/mol. The van der Waals surface area contributed by atoms with Gasteiger partial charge in [0.2, 0.25) is 0 Å². The lowest BCUT2D eigenvalue weighted by Gasteiger charge is -2.28. The molecule has 0 bridgehead atoms. The van der Waals surface area contributed by atoms with Gasteiger partial charge in [0, 0.05) is 17.5 Å². The number of nitrogens with zero attached hydrogens (tertiary/aromatic N) is 2. The fraction of sp³-hybridized carbons (Fsp3) is 0.733. The van der Waals surface area contributed by atoms with Gasteiger partial charge in [-0.25, -0.2) is 15.8 Å². The summed E-state index contributed by atoms with van der Waals surface area (Å²) in [5.74, 6) is 9.66. The molecule has 0 amide bonds. The normalized spacial score (nSPS) is 26.4. The van der Waals surface area contributed by atoms with Crippen molar-refractivity contribution in [2.24, 2.45) is 11.8 Å². The third kappa shape index (κ3) is 2.87. The van der Waals surface area contributed by atoms with Crippen molar-refractivity contribution < 1.29 is 0 Å². The minimum atomic E-state index is 0.537. The number of nitrogens with one attached hydrogen (secondary N) is 2. The molecule has 1 aromatic rings. The Labute approximate surface area is 120 Å². The summed E-state index contributed by atoms with van der Waals surface area (Å²) in [5.41, 5.74) is 3.74. The Morgan fingerprint density at radius 3 is 2.25 bits per heavy atom. The zero-order valence-corrected chi connectivity index (χ0v) is 12.4. The van der Waals surface area contributed by atoms with Gasteiger partial charge in [0.15, 0.2) is 0 Å². The first-order valence-corrected chi connectivity index (χ1v) is 7.79. The summed E-state index contributed by atoms with van der Waals surface area (Å²) in [5, 5.41) is 3.62. The first-order chi connectivity index (χ1) is 9.67. The molecule has 20 heavy (non-hydrogen) atoms. The third-order valence-electron chi connectivity index (χ3n) is 4.60. The molecule has 1 heterocycles. The van der Waals surface area contributed by atoms with Crippen LogP contribution in [0.2, 0.25) is 0 Å². The van der Waals surface area contributed by atoms with Crippen LogP contribution < -0.4 is 16.6 Å². The number of nitrogen functional groups attached to an aromatic ring is 1. The van der Waals surface area contributed by atoms with Gasteiger partial charge in [0.25, 0.3) is 0 Å². The van der Waals surface area contributed by atoms with Crippen LogP contribution in [0.3, 0.4) is 0 Å². The molecule has 110 valence electrons. The summed E-state index contributed by atoms with van der Waals surface area (Å²) in [6, 6.07) is 0.539. The van der Waals surface area contributed by atoms with E-state index < -0.39 is 0 Å². The predicted octanol–water partition coefficient (Wildman–Crippen LogP) is 2.94. The van der Waals surface area contributed by atoms with Gasteiger partial charge in [0.05, 0.1) is 0 Å². The molecule has 2 aliphatic carbocycles. The lowest BCUT2D eigenvalue weighted by Crippen LogP contribution is -2.27. The van der Waals surface area contributed by atoms with Gasteiger partial charge in [-0.1, -0.05) is 6.92 Å². The van der Waals surface area contributed by atoms with Crippen LogP contribution >= 0.6 is 0 Å². The molecule has 0 aliphatic heterocycles. The van der Waals surface area contributed by atoms with Crippen LogP contribution in [0, 0.1) is 12.8 Å². The Morgan fingerprint density at radius 2 is 1.65 bits per heavy atom. The van der Waals surface area contributed by atoms with Crippen molar-refractivity contribution in [3.8, 4) is 0 Å². The molecule has 2 fully saturated rings. The average Bonchev–Trinajstić information content (AvgIpc) is 3.28. The van der Waals surface area contributed by atoms with E-state index in [4.69, 9.17) is 10.8 Å². The van der Waals surface area contributed by atoms with E-state index in [-0.39, 0.29) is 0 Å². The second kappa shape index (κ2) is 5.56. The minimum Gasteiger partial charge on any atom is -0.367 e. The van der Waals surface area contributed by atoms with Crippen LogP contribution in [0.15, 0.2) is 0 Å². The summed E-state index contributed by atoms with van der Waals surface area (Å²) in [6.45, 7) is 4.37. The van der Waals surface area contributed by atoms with Crippen molar-refractivity contribution in [3.63, 3.8) is 0 Å². The molecule has 2 aliphatic rings. The predicted molar refractivity (Wildman–Crippen MR) is 81.6 cm³/mol. The van der Waals surface area contributed by atoms with Crippen molar-refractivity contribution in [1.82, 2.24) is 9.97 Å².